The van der Waals surface area contributed by atoms with E-state index in [1.165, 1.54) is 13.2 Å². The summed E-state index contributed by atoms with van der Waals surface area (Å²) in [6, 6.07) is 4.83. The predicted molar refractivity (Wildman–Crippen MR) is 70.5 cm³/mol. The Morgan fingerprint density at radius 3 is 2.78 bits per heavy atom. The lowest BCUT2D eigenvalue weighted by atomic mass is 10.1. The summed E-state index contributed by atoms with van der Waals surface area (Å²) in [6.45, 7) is 1.18. The first-order valence-electron chi connectivity index (χ1n) is 5.31. The fourth-order valence-electron chi connectivity index (χ4n) is 1.61. The van der Waals surface area contributed by atoms with Gasteiger partial charge in [-0.1, -0.05) is 6.07 Å². The first-order valence-corrected chi connectivity index (χ1v) is 5.31. The Kier molecular flexibility index (Phi) is 5.12. The molecule has 0 atom stereocenters. The summed E-state index contributed by atoms with van der Waals surface area (Å²) in [6.07, 6.45) is 3.53. The number of benzene rings is 1. The second-order valence-electron chi connectivity index (χ2n) is 3.63. The monoisotopic (exact) mass is 271 g/mol. The van der Waals surface area contributed by atoms with Crippen LogP contribution in [0, 0.1) is 5.82 Å². The fourth-order valence-corrected chi connectivity index (χ4v) is 1.61. The van der Waals surface area contributed by atoms with E-state index >= 15 is 0 Å². The van der Waals surface area contributed by atoms with Gasteiger partial charge < -0.3 is 10.5 Å². The molecule has 0 aliphatic heterocycles. The zero-order valence-electron chi connectivity index (χ0n) is 9.97. The van der Waals surface area contributed by atoms with Gasteiger partial charge in [-0.2, -0.15) is 5.10 Å². The van der Waals surface area contributed by atoms with Gasteiger partial charge in [0, 0.05) is 18.3 Å². The molecule has 18 heavy (non-hydrogen) atoms. The third kappa shape index (κ3) is 3.00. The summed E-state index contributed by atoms with van der Waals surface area (Å²) in [5, 5.41) is 4.14. The molecule has 1 heterocycles. The highest BCUT2D eigenvalue weighted by molar-refractivity contribution is 5.85. The van der Waals surface area contributed by atoms with E-state index in [0.29, 0.717) is 13.1 Å². The van der Waals surface area contributed by atoms with Crippen molar-refractivity contribution < 1.29 is 9.13 Å². The molecule has 0 saturated carbocycles. The maximum atomic E-state index is 13.5. The lowest BCUT2D eigenvalue weighted by Crippen LogP contribution is -2.09. The lowest BCUT2D eigenvalue weighted by molar-refractivity contribution is 0.386. The van der Waals surface area contributed by atoms with Gasteiger partial charge in [-0.3, -0.25) is 4.68 Å². The van der Waals surface area contributed by atoms with Gasteiger partial charge in [-0.25, -0.2) is 4.39 Å². The molecule has 2 aromatic rings. The van der Waals surface area contributed by atoms with E-state index in [4.69, 9.17) is 10.5 Å². The number of ether oxygens (including phenoxy) is 1. The fraction of sp³-hybridized carbons (Fsp3) is 0.250. The van der Waals surface area contributed by atoms with Gasteiger partial charge in [-0.15, -0.1) is 12.4 Å². The number of aromatic nitrogens is 2. The van der Waals surface area contributed by atoms with Gasteiger partial charge in [0.25, 0.3) is 0 Å². The average Bonchev–Trinajstić information content (AvgIpc) is 2.78. The van der Waals surface area contributed by atoms with Crippen molar-refractivity contribution in [2.24, 2.45) is 5.73 Å². The molecule has 2 N–H and O–H groups in total. The largest absolute Gasteiger partial charge is 0.494 e. The van der Waals surface area contributed by atoms with E-state index in [2.05, 4.69) is 5.10 Å². The smallest absolute Gasteiger partial charge is 0.165 e. The molecule has 0 bridgehead atoms. The zero-order chi connectivity index (χ0) is 12.3. The molecular weight excluding hydrogens is 257 g/mol. The summed E-state index contributed by atoms with van der Waals surface area (Å²) in [5.41, 5.74) is 7.06. The van der Waals surface area contributed by atoms with Gasteiger partial charge >= 0.3 is 0 Å². The highest BCUT2D eigenvalue weighted by atomic mass is 35.5. The van der Waals surface area contributed by atoms with Crippen molar-refractivity contribution >= 4 is 12.4 Å². The van der Waals surface area contributed by atoms with E-state index in [1.54, 1.807) is 23.0 Å². The number of rotatable bonds is 4. The molecule has 0 amide bonds. The quantitative estimate of drug-likeness (QED) is 0.926. The minimum atomic E-state index is -0.378. The standard InChI is InChI=1S/C12H14FN3O.ClH/c1-17-12-3-2-9(6-11(12)13)10-7-15-16(8-10)5-4-14;/h2-3,6-8H,4-5,14H2,1H3;1H. The number of nitrogens with two attached hydrogens (primary N) is 1. The van der Waals surface area contributed by atoms with Crippen molar-refractivity contribution in [2.75, 3.05) is 13.7 Å². The van der Waals surface area contributed by atoms with Gasteiger partial charge in [0.1, 0.15) is 0 Å². The van der Waals surface area contributed by atoms with E-state index in [1.807, 2.05) is 6.20 Å². The lowest BCUT2D eigenvalue weighted by Gasteiger charge is -2.03. The van der Waals surface area contributed by atoms with Crippen LogP contribution in [0.25, 0.3) is 11.1 Å². The van der Waals surface area contributed by atoms with Crippen LogP contribution in [0.2, 0.25) is 0 Å². The molecule has 0 aliphatic carbocycles. The Bertz CT molecular complexity index is 516. The third-order valence-corrected chi connectivity index (χ3v) is 2.48. The van der Waals surface area contributed by atoms with Gasteiger partial charge in [-0.05, 0) is 17.7 Å². The van der Waals surface area contributed by atoms with Crippen LogP contribution in [0.1, 0.15) is 0 Å². The number of halogens is 2. The maximum absolute atomic E-state index is 13.5. The Labute approximate surface area is 111 Å². The van der Waals surface area contributed by atoms with Gasteiger partial charge in [0.15, 0.2) is 11.6 Å². The third-order valence-electron chi connectivity index (χ3n) is 2.48. The minimum Gasteiger partial charge on any atom is -0.494 e. The molecule has 0 saturated heterocycles. The predicted octanol–water partition coefficient (Wildman–Crippen LogP) is 2.08. The Balaban J connectivity index is 0.00000162. The second kappa shape index (κ2) is 6.37. The van der Waals surface area contributed by atoms with Crippen LogP contribution in [0.3, 0.4) is 0 Å². The van der Waals surface area contributed by atoms with E-state index in [-0.39, 0.29) is 24.0 Å². The van der Waals surface area contributed by atoms with Crippen LogP contribution in [0.5, 0.6) is 5.75 Å². The second-order valence-corrected chi connectivity index (χ2v) is 3.63. The van der Waals surface area contributed by atoms with Crippen molar-refractivity contribution in [3.63, 3.8) is 0 Å². The summed E-state index contributed by atoms with van der Waals surface area (Å²) >= 11 is 0. The normalized spacial score (nSPS) is 9.94. The van der Waals surface area contributed by atoms with Crippen LogP contribution >= 0.6 is 12.4 Å². The topological polar surface area (TPSA) is 53.1 Å². The molecular formula is C12H15ClFN3O. The molecule has 0 unspecified atom stereocenters. The molecule has 0 aliphatic rings. The first kappa shape index (κ1) is 14.5. The van der Waals surface area contributed by atoms with Crippen molar-refractivity contribution in [3.8, 4) is 16.9 Å². The van der Waals surface area contributed by atoms with E-state index in [0.717, 1.165) is 11.1 Å². The van der Waals surface area contributed by atoms with Crippen molar-refractivity contribution in [2.45, 2.75) is 6.54 Å². The van der Waals surface area contributed by atoms with Crippen molar-refractivity contribution in [1.29, 1.82) is 0 Å². The summed E-state index contributed by atoms with van der Waals surface area (Å²) < 4.78 is 20.1. The SMILES string of the molecule is COc1ccc(-c2cnn(CCN)c2)cc1F.Cl. The Morgan fingerprint density at radius 1 is 1.39 bits per heavy atom. The van der Waals surface area contributed by atoms with Crippen molar-refractivity contribution in [1.82, 2.24) is 9.78 Å². The average molecular weight is 272 g/mol. The molecule has 6 heteroatoms. The zero-order valence-corrected chi connectivity index (χ0v) is 10.8. The van der Waals surface area contributed by atoms with Crippen LogP contribution in [-0.2, 0) is 6.54 Å². The number of nitrogens with zero attached hydrogens (tertiary/aromatic N) is 2. The number of hydrogen-bond acceptors (Lipinski definition) is 3. The molecule has 2 rings (SSSR count). The minimum absolute atomic E-state index is 0. The highest BCUT2D eigenvalue weighted by Crippen LogP contribution is 2.24. The molecule has 0 spiro atoms. The Hall–Kier alpha value is -1.59. The molecule has 0 fully saturated rings. The maximum Gasteiger partial charge on any atom is 0.165 e. The Morgan fingerprint density at radius 2 is 2.17 bits per heavy atom. The summed E-state index contributed by atoms with van der Waals surface area (Å²) in [7, 11) is 1.44. The van der Waals surface area contributed by atoms with Crippen LogP contribution < -0.4 is 10.5 Å². The molecule has 98 valence electrons. The molecule has 1 aromatic heterocycles. The van der Waals surface area contributed by atoms with Crippen LogP contribution in [0.4, 0.5) is 4.39 Å². The summed E-state index contributed by atoms with van der Waals surface area (Å²) in [5.74, 6) is -0.139. The molecule has 1 aromatic carbocycles. The van der Waals surface area contributed by atoms with Crippen LogP contribution in [-0.4, -0.2) is 23.4 Å². The molecule has 0 radical (unpaired) electrons. The number of hydrogen-bond donors (Lipinski definition) is 1. The van der Waals surface area contributed by atoms with Gasteiger partial charge in [0.2, 0.25) is 0 Å². The van der Waals surface area contributed by atoms with E-state index in [9.17, 15) is 4.39 Å². The first-order chi connectivity index (χ1) is 8.24. The summed E-state index contributed by atoms with van der Waals surface area (Å²) in [4.78, 5) is 0. The molecule has 4 nitrogen and oxygen atoms in total. The number of methoxy groups -OCH3 is 1. The van der Waals surface area contributed by atoms with Gasteiger partial charge in [0.05, 0.1) is 19.9 Å². The van der Waals surface area contributed by atoms with E-state index < -0.39 is 0 Å². The van der Waals surface area contributed by atoms with Crippen molar-refractivity contribution in [3.05, 3.63) is 36.4 Å². The highest BCUT2D eigenvalue weighted by Gasteiger charge is 2.06. The van der Waals surface area contributed by atoms with Crippen LogP contribution in [0.15, 0.2) is 30.6 Å².